The molecule has 13 heavy (non-hydrogen) atoms. The zero-order valence-electron chi connectivity index (χ0n) is 7.50. The van der Waals surface area contributed by atoms with Gasteiger partial charge in [-0.2, -0.15) is 0 Å². The van der Waals surface area contributed by atoms with Crippen LogP contribution in [0.2, 0.25) is 0 Å². The van der Waals surface area contributed by atoms with Gasteiger partial charge in [0.05, 0.1) is 6.42 Å². The van der Waals surface area contributed by atoms with E-state index in [1.807, 2.05) is 19.1 Å². The molecule has 0 heterocycles. The van der Waals surface area contributed by atoms with Gasteiger partial charge in [-0.15, -0.1) is 0 Å². The third-order valence-electron chi connectivity index (χ3n) is 1.52. The molecule has 1 aromatic rings. The maximum absolute atomic E-state index is 10.0. The molecule has 0 spiro atoms. The van der Waals surface area contributed by atoms with E-state index in [1.165, 1.54) is 0 Å². The molecule has 2 nitrogen and oxygen atoms in total. The minimum Gasteiger partial charge on any atom is -0.399 e. The molecular formula is C11H11NO. The molecule has 0 aliphatic rings. The number of nitrogens with two attached hydrogens (primary N) is 1. The molecule has 0 saturated heterocycles. The number of carbonyl (C=O) groups is 1. The average Bonchev–Trinajstić information content (AvgIpc) is 2.03. The van der Waals surface area contributed by atoms with Crippen LogP contribution in [0.5, 0.6) is 0 Å². The van der Waals surface area contributed by atoms with Gasteiger partial charge >= 0.3 is 0 Å². The minimum atomic E-state index is 0.272. The standard InChI is InChI=1S/C11H11NO/c1-9-6-10(4-2-3-5-13)8-11(12)7-9/h5-8H,3,12H2,1H3. The van der Waals surface area contributed by atoms with Crippen LogP contribution in [0.3, 0.4) is 0 Å². The summed E-state index contributed by atoms with van der Waals surface area (Å²) in [6.45, 7) is 1.96. The lowest BCUT2D eigenvalue weighted by atomic mass is 10.1. The number of aldehydes is 1. The van der Waals surface area contributed by atoms with Gasteiger partial charge in [-0.1, -0.05) is 11.8 Å². The van der Waals surface area contributed by atoms with E-state index in [9.17, 15) is 4.79 Å². The van der Waals surface area contributed by atoms with Gasteiger partial charge in [-0.3, -0.25) is 0 Å². The van der Waals surface area contributed by atoms with Crippen LogP contribution in [-0.4, -0.2) is 6.29 Å². The molecule has 0 radical (unpaired) electrons. The lowest BCUT2D eigenvalue weighted by Gasteiger charge is -1.97. The molecule has 66 valence electrons. The van der Waals surface area contributed by atoms with Crippen LogP contribution in [0.15, 0.2) is 18.2 Å². The van der Waals surface area contributed by atoms with Crippen molar-refractivity contribution in [1.82, 2.24) is 0 Å². The monoisotopic (exact) mass is 173 g/mol. The van der Waals surface area contributed by atoms with Crippen LogP contribution < -0.4 is 5.73 Å². The number of aryl methyl sites for hydroxylation is 1. The Labute approximate surface area is 77.8 Å². The van der Waals surface area contributed by atoms with Crippen molar-refractivity contribution in [2.75, 3.05) is 5.73 Å². The number of rotatable bonds is 1. The van der Waals surface area contributed by atoms with Gasteiger partial charge in [-0.05, 0) is 30.7 Å². The first kappa shape index (κ1) is 9.34. The number of hydrogen-bond acceptors (Lipinski definition) is 2. The second kappa shape index (κ2) is 4.32. The van der Waals surface area contributed by atoms with Gasteiger partial charge in [-0.25, -0.2) is 0 Å². The predicted octanol–water partition coefficient (Wildman–Crippen LogP) is 1.52. The first-order valence-electron chi connectivity index (χ1n) is 4.02. The number of benzene rings is 1. The molecule has 0 atom stereocenters. The number of carbonyl (C=O) groups excluding carboxylic acids is 1. The first-order valence-corrected chi connectivity index (χ1v) is 4.02. The summed E-state index contributed by atoms with van der Waals surface area (Å²) in [5.41, 5.74) is 8.27. The summed E-state index contributed by atoms with van der Waals surface area (Å²) in [6, 6.07) is 5.61. The molecule has 2 N–H and O–H groups in total. The summed E-state index contributed by atoms with van der Waals surface area (Å²) < 4.78 is 0. The summed E-state index contributed by atoms with van der Waals surface area (Å²) in [7, 11) is 0. The summed E-state index contributed by atoms with van der Waals surface area (Å²) in [5, 5.41) is 0. The van der Waals surface area contributed by atoms with Gasteiger partial charge in [0.25, 0.3) is 0 Å². The maximum atomic E-state index is 10.0. The molecule has 0 amide bonds. The van der Waals surface area contributed by atoms with Crippen LogP contribution in [0.1, 0.15) is 17.5 Å². The van der Waals surface area contributed by atoms with Gasteiger partial charge in [0.15, 0.2) is 0 Å². The fraction of sp³-hybridized carbons (Fsp3) is 0.182. The molecule has 0 saturated carbocycles. The van der Waals surface area contributed by atoms with Crippen molar-refractivity contribution in [1.29, 1.82) is 0 Å². The van der Waals surface area contributed by atoms with E-state index in [2.05, 4.69) is 11.8 Å². The topological polar surface area (TPSA) is 43.1 Å². The van der Waals surface area contributed by atoms with Crippen molar-refractivity contribution in [3.05, 3.63) is 29.3 Å². The zero-order chi connectivity index (χ0) is 9.68. The van der Waals surface area contributed by atoms with Gasteiger partial charge < -0.3 is 10.5 Å². The largest absolute Gasteiger partial charge is 0.399 e. The smallest absolute Gasteiger partial charge is 0.131 e. The normalized spacial score (nSPS) is 8.69. The zero-order valence-corrected chi connectivity index (χ0v) is 7.50. The Kier molecular flexibility index (Phi) is 3.10. The van der Waals surface area contributed by atoms with Crippen LogP contribution in [0, 0.1) is 18.8 Å². The van der Waals surface area contributed by atoms with E-state index < -0.39 is 0 Å². The predicted molar refractivity (Wildman–Crippen MR) is 53.2 cm³/mol. The van der Waals surface area contributed by atoms with E-state index in [0.717, 1.165) is 17.4 Å². The highest BCUT2D eigenvalue weighted by molar-refractivity contribution is 5.56. The van der Waals surface area contributed by atoms with Gasteiger partial charge in [0, 0.05) is 11.3 Å². The number of nitrogen functional groups attached to an aromatic ring is 1. The third-order valence-corrected chi connectivity index (χ3v) is 1.52. The molecule has 0 fully saturated rings. The van der Waals surface area contributed by atoms with Crippen LogP contribution in [0.4, 0.5) is 5.69 Å². The summed E-state index contributed by atoms with van der Waals surface area (Å²) in [6.07, 6.45) is 1.06. The number of anilines is 1. The van der Waals surface area contributed by atoms with E-state index in [-0.39, 0.29) is 6.42 Å². The fourth-order valence-electron chi connectivity index (χ4n) is 1.08. The maximum Gasteiger partial charge on any atom is 0.131 e. The molecule has 0 aliphatic heterocycles. The van der Waals surface area contributed by atoms with E-state index >= 15 is 0 Å². The van der Waals surface area contributed by atoms with E-state index in [4.69, 9.17) is 5.73 Å². The quantitative estimate of drug-likeness (QED) is 0.397. The summed E-state index contributed by atoms with van der Waals surface area (Å²) in [4.78, 5) is 10.0. The van der Waals surface area contributed by atoms with E-state index in [0.29, 0.717) is 5.69 Å². The minimum absolute atomic E-state index is 0.272. The molecule has 1 rings (SSSR count). The molecule has 2 heteroatoms. The molecule has 0 aromatic heterocycles. The highest BCUT2D eigenvalue weighted by Crippen LogP contribution is 2.09. The van der Waals surface area contributed by atoms with Crippen molar-refractivity contribution in [2.24, 2.45) is 0 Å². The van der Waals surface area contributed by atoms with Crippen LogP contribution in [0.25, 0.3) is 0 Å². The Hall–Kier alpha value is -1.75. The SMILES string of the molecule is Cc1cc(N)cc(C#CCC=O)c1. The van der Waals surface area contributed by atoms with Gasteiger partial charge in [0.1, 0.15) is 6.29 Å². The second-order valence-electron chi connectivity index (χ2n) is 2.80. The molecule has 0 aliphatic carbocycles. The number of hydrogen-bond donors (Lipinski definition) is 1. The Morgan fingerprint density at radius 2 is 2.23 bits per heavy atom. The Bertz CT molecular complexity index is 351. The van der Waals surface area contributed by atoms with Crippen molar-refractivity contribution in [3.8, 4) is 11.8 Å². The Morgan fingerprint density at radius 3 is 2.85 bits per heavy atom. The van der Waals surface area contributed by atoms with Crippen LogP contribution in [-0.2, 0) is 4.79 Å². The Morgan fingerprint density at radius 1 is 1.46 bits per heavy atom. The Balaban J connectivity index is 2.90. The lowest BCUT2D eigenvalue weighted by Crippen LogP contribution is -1.87. The van der Waals surface area contributed by atoms with Crippen molar-refractivity contribution < 1.29 is 4.79 Å². The lowest BCUT2D eigenvalue weighted by molar-refractivity contribution is -0.107. The highest BCUT2D eigenvalue weighted by Gasteiger charge is 1.91. The summed E-state index contributed by atoms with van der Waals surface area (Å²) >= 11 is 0. The summed E-state index contributed by atoms with van der Waals surface area (Å²) in [5.74, 6) is 5.60. The second-order valence-corrected chi connectivity index (χ2v) is 2.80. The fourth-order valence-corrected chi connectivity index (χ4v) is 1.08. The van der Waals surface area contributed by atoms with E-state index in [1.54, 1.807) is 6.07 Å². The first-order chi connectivity index (χ1) is 6.22. The molecule has 0 bridgehead atoms. The molecular weight excluding hydrogens is 162 g/mol. The van der Waals surface area contributed by atoms with Crippen molar-refractivity contribution in [3.63, 3.8) is 0 Å². The molecule has 0 unspecified atom stereocenters. The average molecular weight is 173 g/mol. The third kappa shape index (κ3) is 3.00. The molecule has 1 aromatic carbocycles. The highest BCUT2D eigenvalue weighted by atomic mass is 16.1. The van der Waals surface area contributed by atoms with Crippen molar-refractivity contribution in [2.45, 2.75) is 13.3 Å². The van der Waals surface area contributed by atoms with Crippen LogP contribution >= 0.6 is 0 Å². The van der Waals surface area contributed by atoms with Gasteiger partial charge in [0.2, 0.25) is 0 Å². The van der Waals surface area contributed by atoms with Crippen molar-refractivity contribution >= 4 is 12.0 Å².